The van der Waals surface area contributed by atoms with Crippen LogP contribution in [0, 0.1) is 0 Å². The average Bonchev–Trinajstić information content (AvgIpc) is 2.39. The van der Waals surface area contributed by atoms with Crippen molar-refractivity contribution in [2.45, 2.75) is 56.7 Å². The number of esters is 1. The molecule has 0 aromatic heterocycles. The SMILES string of the molecule is CCCNC(CSC1CCCCC1)C(=O)OC. The molecule has 0 saturated heterocycles. The third kappa shape index (κ3) is 5.77. The van der Waals surface area contributed by atoms with Crippen LogP contribution in [0.3, 0.4) is 0 Å². The maximum atomic E-state index is 11.6. The summed E-state index contributed by atoms with van der Waals surface area (Å²) in [6.07, 6.45) is 7.75. The van der Waals surface area contributed by atoms with Gasteiger partial charge in [0.05, 0.1) is 7.11 Å². The molecule has 1 saturated carbocycles. The van der Waals surface area contributed by atoms with Gasteiger partial charge in [-0.25, -0.2) is 0 Å². The van der Waals surface area contributed by atoms with Crippen molar-refractivity contribution in [2.24, 2.45) is 0 Å². The van der Waals surface area contributed by atoms with Gasteiger partial charge in [0.25, 0.3) is 0 Å². The van der Waals surface area contributed by atoms with Gasteiger partial charge in [0.15, 0.2) is 0 Å². The number of hydrogen-bond acceptors (Lipinski definition) is 4. The van der Waals surface area contributed by atoms with Crippen LogP contribution in [0.1, 0.15) is 45.4 Å². The van der Waals surface area contributed by atoms with Crippen LogP contribution >= 0.6 is 11.8 Å². The fourth-order valence-corrected chi connectivity index (χ4v) is 3.52. The smallest absolute Gasteiger partial charge is 0.323 e. The highest BCUT2D eigenvalue weighted by molar-refractivity contribution is 7.99. The molecule has 1 rings (SSSR count). The van der Waals surface area contributed by atoms with Crippen molar-refractivity contribution in [3.8, 4) is 0 Å². The second-order valence-electron chi connectivity index (χ2n) is 4.62. The van der Waals surface area contributed by atoms with Gasteiger partial charge in [0, 0.05) is 11.0 Å². The van der Waals surface area contributed by atoms with Crippen molar-refractivity contribution in [1.29, 1.82) is 0 Å². The van der Waals surface area contributed by atoms with E-state index in [2.05, 4.69) is 12.2 Å². The highest BCUT2D eigenvalue weighted by Crippen LogP contribution is 2.28. The lowest BCUT2D eigenvalue weighted by Gasteiger charge is -2.23. The Labute approximate surface area is 109 Å². The first-order valence-corrected chi connectivity index (χ1v) is 7.75. The van der Waals surface area contributed by atoms with Crippen LogP contribution in [0.4, 0.5) is 0 Å². The zero-order chi connectivity index (χ0) is 12.5. The topological polar surface area (TPSA) is 38.3 Å². The third-order valence-electron chi connectivity index (χ3n) is 3.18. The van der Waals surface area contributed by atoms with Crippen molar-refractivity contribution in [2.75, 3.05) is 19.4 Å². The van der Waals surface area contributed by atoms with Crippen LogP contribution in [0.25, 0.3) is 0 Å². The molecule has 1 aliphatic carbocycles. The molecule has 1 aliphatic rings. The Balaban J connectivity index is 2.28. The fraction of sp³-hybridized carbons (Fsp3) is 0.923. The number of hydrogen-bond donors (Lipinski definition) is 1. The van der Waals surface area contributed by atoms with Gasteiger partial charge < -0.3 is 10.1 Å². The molecule has 1 unspecified atom stereocenters. The predicted octanol–water partition coefficient (Wildman–Crippen LogP) is 2.59. The molecule has 0 bridgehead atoms. The van der Waals surface area contributed by atoms with E-state index < -0.39 is 0 Å². The van der Waals surface area contributed by atoms with Gasteiger partial charge in [-0.1, -0.05) is 26.2 Å². The standard InChI is InChI=1S/C13H25NO2S/c1-3-9-14-12(13(15)16-2)10-17-11-7-5-4-6-8-11/h11-12,14H,3-10H2,1-2H3. The lowest BCUT2D eigenvalue weighted by atomic mass is 10.0. The number of nitrogens with one attached hydrogen (secondary N) is 1. The largest absolute Gasteiger partial charge is 0.468 e. The average molecular weight is 259 g/mol. The maximum Gasteiger partial charge on any atom is 0.323 e. The molecule has 3 nitrogen and oxygen atoms in total. The molecule has 100 valence electrons. The molecule has 0 amide bonds. The van der Waals surface area contributed by atoms with E-state index in [-0.39, 0.29) is 12.0 Å². The molecule has 0 aromatic carbocycles. The minimum atomic E-state index is -0.133. The van der Waals surface area contributed by atoms with Gasteiger partial charge in [-0.05, 0) is 25.8 Å². The Morgan fingerprint density at radius 2 is 2.12 bits per heavy atom. The summed E-state index contributed by atoms with van der Waals surface area (Å²) in [5.41, 5.74) is 0. The molecule has 0 radical (unpaired) electrons. The first-order valence-electron chi connectivity index (χ1n) is 6.70. The highest BCUT2D eigenvalue weighted by Gasteiger charge is 2.21. The number of methoxy groups -OCH3 is 1. The molecule has 1 atom stereocenters. The van der Waals surface area contributed by atoms with Gasteiger partial charge in [-0.3, -0.25) is 4.79 Å². The summed E-state index contributed by atoms with van der Waals surface area (Å²) in [5.74, 6) is 0.721. The monoisotopic (exact) mass is 259 g/mol. The summed E-state index contributed by atoms with van der Waals surface area (Å²) in [6.45, 7) is 2.99. The minimum absolute atomic E-state index is 0.123. The van der Waals surface area contributed by atoms with Crippen LogP contribution in [0.2, 0.25) is 0 Å². The molecule has 0 spiro atoms. The van der Waals surface area contributed by atoms with Crippen LogP contribution < -0.4 is 5.32 Å². The van der Waals surface area contributed by atoms with E-state index in [0.29, 0.717) is 0 Å². The summed E-state index contributed by atoms with van der Waals surface area (Å²) < 4.78 is 4.83. The molecule has 17 heavy (non-hydrogen) atoms. The Hall–Kier alpha value is -0.220. The van der Waals surface area contributed by atoms with Crippen LogP contribution in [0.5, 0.6) is 0 Å². The van der Waals surface area contributed by atoms with Gasteiger partial charge in [0.1, 0.15) is 6.04 Å². The van der Waals surface area contributed by atoms with E-state index in [1.165, 1.54) is 39.2 Å². The van der Waals surface area contributed by atoms with E-state index >= 15 is 0 Å². The molecule has 0 aromatic rings. The summed E-state index contributed by atoms with van der Waals surface area (Å²) in [6, 6.07) is -0.133. The van der Waals surface area contributed by atoms with Crippen LogP contribution in [0.15, 0.2) is 0 Å². The molecule has 0 aliphatic heterocycles. The Morgan fingerprint density at radius 1 is 1.41 bits per heavy atom. The second-order valence-corrected chi connectivity index (χ2v) is 5.96. The van der Waals surface area contributed by atoms with E-state index in [1.54, 1.807) is 0 Å². The summed E-state index contributed by atoms with van der Waals surface area (Å²) in [4.78, 5) is 11.6. The van der Waals surface area contributed by atoms with E-state index in [0.717, 1.165) is 24.0 Å². The molecule has 4 heteroatoms. The predicted molar refractivity (Wildman–Crippen MR) is 73.4 cm³/mol. The number of carbonyl (C=O) groups excluding carboxylic acids is 1. The Kier molecular flexibility index (Phi) is 7.69. The van der Waals surface area contributed by atoms with Crippen LogP contribution in [-0.2, 0) is 9.53 Å². The Bertz CT molecular complexity index is 217. The number of thioether (sulfide) groups is 1. The molecular formula is C13H25NO2S. The van der Waals surface area contributed by atoms with E-state index in [4.69, 9.17) is 4.74 Å². The quantitative estimate of drug-likeness (QED) is 0.713. The molecule has 1 N–H and O–H groups in total. The number of carbonyl (C=O) groups is 1. The Morgan fingerprint density at radius 3 is 2.71 bits per heavy atom. The summed E-state index contributed by atoms with van der Waals surface area (Å²) >= 11 is 1.94. The minimum Gasteiger partial charge on any atom is -0.468 e. The van der Waals surface area contributed by atoms with Gasteiger partial charge in [-0.15, -0.1) is 0 Å². The van der Waals surface area contributed by atoms with Gasteiger partial charge in [-0.2, -0.15) is 11.8 Å². The fourth-order valence-electron chi connectivity index (χ4n) is 2.14. The van der Waals surface area contributed by atoms with Gasteiger partial charge in [0.2, 0.25) is 0 Å². The third-order valence-corrected chi connectivity index (χ3v) is 4.65. The van der Waals surface area contributed by atoms with Crippen molar-refractivity contribution in [3.63, 3.8) is 0 Å². The lowest BCUT2D eigenvalue weighted by molar-refractivity contribution is -0.142. The number of rotatable bonds is 7. The molecule has 1 fully saturated rings. The second kappa shape index (κ2) is 8.81. The van der Waals surface area contributed by atoms with Crippen molar-refractivity contribution < 1.29 is 9.53 Å². The zero-order valence-corrected chi connectivity index (χ0v) is 11.9. The van der Waals surface area contributed by atoms with Crippen molar-refractivity contribution in [3.05, 3.63) is 0 Å². The van der Waals surface area contributed by atoms with Crippen LogP contribution in [-0.4, -0.2) is 36.7 Å². The molecule has 0 heterocycles. The normalized spacial score (nSPS) is 18.9. The maximum absolute atomic E-state index is 11.6. The van der Waals surface area contributed by atoms with Crippen molar-refractivity contribution >= 4 is 17.7 Å². The summed E-state index contributed by atoms with van der Waals surface area (Å²) in [5, 5.41) is 4.01. The van der Waals surface area contributed by atoms with Crippen molar-refractivity contribution in [1.82, 2.24) is 5.32 Å². The molecular weight excluding hydrogens is 234 g/mol. The first kappa shape index (κ1) is 14.8. The van der Waals surface area contributed by atoms with E-state index in [1.807, 2.05) is 11.8 Å². The summed E-state index contributed by atoms with van der Waals surface area (Å²) in [7, 11) is 1.47. The highest BCUT2D eigenvalue weighted by atomic mass is 32.2. The van der Waals surface area contributed by atoms with Gasteiger partial charge >= 0.3 is 5.97 Å². The van der Waals surface area contributed by atoms with E-state index in [9.17, 15) is 4.79 Å². The first-order chi connectivity index (χ1) is 8.27. The number of ether oxygens (including phenoxy) is 1. The zero-order valence-electron chi connectivity index (χ0n) is 11.0. The lowest BCUT2D eigenvalue weighted by Crippen LogP contribution is -2.40.